The third-order valence-corrected chi connectivity index (χ3v) is 8.57. The predicted octanol–water partition coefficient (Wildman–Crippen LogP) is 5.81. The van der Waals surface area contributed by atoms with E-state index in [2.05, 4.69) is 10.2 Å². The van der Waals surface area contributed by atoms with Gasteiger partial charge in [-0.05, 0) is 36.4 Å². The molecule has 2 aliphatic heterocycles. The number of carbonyl (C=O) groups excluding carboxylic acids is 3. The quantitative estimate of drug-likeness (QED) is 0.189. The van der Waals surface area contributed by atoms with Gasteiger partial charge in [-0.25, -0.2) is 14.5 Å². The van der Waals surface area contributed by atoms with Gasteiger partial charge in [0.15, 0.2) is 6.04 Å². The summed E-state index contributed by atoms with van der Waals surface area (Å²) in [6.07, 6.45) is 0.672. The average Bonchev–Trinajstić information content (AvgIpc) is 3.70. The number of aliphatic carboxylic acids is 1. The molecule has 1 N–H and O–H groups in total. The Morgan fingerprint density at radius 2 is 1.62 bits per heavy atom. The van der Waals surface area contributed by atoms with Crippen molar-refractivity contribution in [2.75, 3.05) is 19.7 Å². The first-order chi connectivity index (χ1) is 22.2. The van der Waals surface area contributed by atoms with Crippen LogP contribution in [0.3, 0.4) is 0 Å². The number of para-hydroxylation sites is 1. The Bertz CT molecular complexity index is 1580. The average molecular weight is 682 g/mol. The molecule has 2 aliphatic rings. The Morgan fingerprint density at radius 1 is 0.957 bits per heavy atom. The second-order valence-corrected chi connectivity index (χ2v) is 12.0. The van der Waals surface area contributed by atoms with Crippen molar-refractivity contribution in [1.82, 2.24) is 9.80 Å². The Morgan fingerprint density at radius 3 is 2.26 bits per heavy atom. The number of ether oxygens (including phenoxy) is 1. The Kier molecular flexibility index (Phi) is 12.5. The molecule has 3 atom stereocenters. The molecule has 11 heteroatoms. The normalized spacial score (nSPS) is 17.9. The molecule has 2 heterocycles. The van der Waals surface area contributed by atoms with Crippen LogP contribution < -0.4 is 0 Å². The van der Waals surface area contributed by atoms with Gasteiger partial charge in [0.2, 0.25) is 5.91 Å². The maximum Gasteiger partial charge on any atom is 0.416 e. The van der Waals surface area contributed by atoms with Crippen molar-refractivity contribution in [3.05, 3.63) is 107 Å². The number of hydrogen-bond donors (Lipinski definition) is 1. The van der Waals surface area contributed by atoms with E-state index in [0.717, 1.165) is 23.4 Å². The summed E-state index contributed by atoms with van der Waals surface area (Å²) in [6.45, 7) is 5.35. The van der Waals surface area contributed by atoms with Crippen LogP contribution in [-0.2, 0) is 42.2 Å². The van der Waals surface area contributed by atoms with Gasteiger partial charge in [0.1, 0.15) is 6.61 Å². The summed E-state index contributed by atoms with van der Waals surface area (Å²) in [7, 11) is 0. The molecule has 0 bridgehead atoms. The molecule has 0 unspecified atom stereocenters. The summed E-state index contributed by atoms with van der Waals surface area (Å²) >= 11 is 0. The number of cyclic esters (lactones) is 1. The van der Waals surface area contributed by atoms with Crippen molar-refractivity contribution < 1.29 is 45.5 Å². The minimum absolute atomic E-state index is 0. The number of likely N-dealkylation sites (tertiary alicyclic amines) is 1. The Balaban J connectivity index is 0.00000500. The van der Waals surface area contributed by atoms with Crippen LogP contribution in [0.5, 0.6) is 0 Å². The molecular formula is C36H39N4NiO6-. The van der Waals surface area contributed by atoms with Gasteiger partial charge in [-0.2, -0.15) is 0 Å². The number of nitrogens with zero attached hydrogens (tertiary/aromatic N) is 4. The van der Waals surface area contributed by atoms with Crippen molar-refractivity contribution in [2.24, 2.45) is 16.8 Å². The van der Waals surface area contributed by atoms with E-state index in [1.165, 1.54) is 0 Å². The van der Waals surface area contributed by atoms with Crippen LogP contribution in [-0.4, -0.2) is 76.3 Å². The maximum absolute atomic E-state index is 13.7. The molecule has 2 fully saturated rings. The molecule has 3 amide bonds. The van der Waals surface area contributed by atoms with Gasteiger partial charge >= 0.3 is 12.1 Å². The van der Waals surface area contributed by atoms with Crippen LogP contribution in [0.1, 0.15) is 49.8 Å². The molecule has 3 aromatic carbocycles. The van der Waals surface area contributed by atoms with Crippen LogP contribution in [0.25, 0.3) is 5.32 Å². The van der Waals surface area contributed by atoms with Crippen molar-refractivity contribution in [3.8, 4) is 0 Å². The summed E-state index contributed by atoms with van der Waals surface area (Å²) in [6, 6.07) is 24.6. The molecule has 0 radical (unpaired) electrons. The molecule has 0 saturated carbocycles. The van der Waals surface area contributed by atoms with E-state index < -0.39 is 29.9 Å². The molecule has 0 aliphatic carbocycles. The van der Waals surface area contributed by atoms with Gasteiger partial charge in [0.05, 0.1) is 24.2 Å². The molecule has 250 valence electrons. The van der Waals surface area contributed by atoms with E-state index in [1.807, 2.05) is 74.5 Å². The zero-order chi connectivity index (χ0) is 32.6. The van der Waals surface area contributed by atoms with E-state index in [4.69, 9.17) is 9.73 Å². The minimum Gasteiger partial charge on any atom is -0.625 e. The number of carbonyl (C=O) groups is 4. The van der Waals surface area contributed by atoms with Gasteiger partial charge in [-0.3, -0.25) is 14.7 Å². The summed E-state index contributed by atoms with van der Waals surface area (Å²) in [4.78, 5) is 59.7. The molecular weight excluding hydrogens is 643 g/mol. The third kappa shape index (κ3) is 8.73. The van der Waals surface area contributed by atoms with Gasteiger partial charge in [0.25, 0.3) is 0 Å². The van der Waals surface area contributed by atoms with Crippen LogP contribution >= 0.6 is 0 Å². The Hall–Kier alpha value is -4.34. The predicted molar refractivity (Wildman–Crippen MR) is 174 cm³/mol. The molecule has 47 heavy (non-hydrogen) atoms. The maximum atomic E-state index is 13.7. The summed E-state index contributed by atoms with van der Waals surface area (Å²) in [5, 5.41) is 15.1. The Labute approximate surface area is 285 Å². The number of rotatable bonds is 12. The first-order valence-electron chi connectivity index (χ1n) is 15.7. The van der Waals surface area contributed by atoms with Gasteiger partial charge < -0.3 is 20.0 Å². The van der Waals surface area contributed by atoms with Gasteiger partial charge in [-0.1, -0.05) is 98.8 Å². The number of carboxylic acid groups (broad SMARTS) is 1. The molecule has 10 nitrogen and oxygen atoms in total. The second-order valence-electron chi connectivity index (χ2n) is 12.0. The van der Waals surface area contributed by atoms with Crippen LogP contribution in [0, 0.1) is 11.8 Å². The van der Waals surface area contributed by atoms with E-state index in [9.17, 15) is 24.3 Å². The second kappa shape index (κ2) is 16.5. The first-order valence-corrected chi connectivity index (χ1v) is 15.7. The van der Waals surface area contributed by atoms with E-state index in [1.54, 1.807) is 24.3 Å². The van der Waals surface area contributed by atoms with Crippen molar-refractivity contribution in [3.63, 3.8) is 0 Å². The van der Waals surface area contributed by atoms with Crippen molar-refractivity contribution >= 4 is 35.3 Å². The largest absolute Gasteiger partial charge is 0.625 e. The number of benzene rings is 3. The van der Waals surface area contributed by atoms with Gasteiger partial charge in [-0.15, -0.1) is 5.69 Å². The van der Waals surface area contributed by atoms with Crippen molar-refractivity contribution in [2.45, 2.75) is 51.7 Å². The van der Waals surface area contributed by atoms with Gasteiger partial charge in [0, 0.05) is 40.9 Å². The summed E-state index contributed by atoms with van der Waals surface area (Å²) < 4.78 is 4.92. The summed E-state index contributed by atoms with van der Waals surface area (Å²) in [5.41, 5.74) is 3.03. The first kappa shape index (κ1) is 35.5. The molecule has 0 aromatic heterocycles. The minimum atomic E-state index is -1.32. The van der Waals surface area contributed by atoms with E-state index in [0.29, 0.717) is 35.5 Å². The van der Waals surface area contributed by atoms with Crippen LogP contribution in [0.4, 0.5) is 10.5 Å². The van der Waals surface area contributed by atoms with E-state index in [-0.39, 0.29) is 53.9 Å². The zero-order valence-electron chi connectivity index (χ0n) is 26.4. The molecule has 2 saturated heterocycles. The molecule has 3 aromatic rings. The zero-order valence-corrected chi connectivity index (χ0v) is 27.4. The van der Waals surface area contributed by atoms with E-state index >= 15 is 0 Å². The standard InChI is InChI=1S/C36H40N4O6.Ni/c1-24(2)28(22-31(41)40-20-21-46-36(40)45)33(35(43)44)38-32(26-14-7-4-8-15-26)27-16-9-10-17-29(27)37-34(42)30-18-11-19-39(30)23-25-12-5-3-6-13-25;/h3-10,12-17,24,28,30,33H,11,18-23H2,1-2H3,(H2,37,38,42,43,44);/p-1/t28-,30+,33+;/m1./s1. The fraction of sp³-hybridized carbons (Fsp3) is 0.361. The number of imide groups is 1. The molecule has 5 rings (SSSR count). The monoisotopic (exact) mass is 681 g/mol. The number of aliphatic imine (C=N–C) groups is 1. The smallest absolute Gasteiger partial charge is 0.416 e. The number of amides is 3. The van der Waals surface area contributed by atoms with Crippen LogP contribution in [0.2, 0.25) is 0 Å². The third-order valence-electron chi connectivity index (χ3n) is 8.57. The number of hydrogen-bond acceptors (Lipinski definition) is 7. The van der Waals surface area contributed by atoms with Crippen LogP contribution in [0.15, 0.2) is 89.9 Å². The summed E-state index contributed by atoms with van der Waals surface area (Å²) in [5.74, 6) is -2.94. The SMILES string of the molecule is CC(C)[C@@H](CC(=O)N1CCOC1=O)[C@H](N=C(c1ccccc1)c1ccccc1[N-]C(=O)[C@@H]1CCCN1Cc1ccccc1)C(=O)O.[Ni]. The molecule has 0 spiro atoms. The fourth-order valence-electron chi connectivity index (χ4n) is 6.09. The topological polar surface area (TPSA) is 131 Å². The van der Waals surface area contributed by atoms with Crippen molar-refractivity contribution in [1.29, 1.82) is 0 Å². The fourth-order valence-corrected chi connectivity index (χ4v) is 6.09. The number of carboxylic acids is 1.